The van der Waals surface area contributed by atoms with Gasteiger partial charge in [0.1, 0.15) is 0 Å². The second-order valence-electron chi connectivity index (χ2n) is 6.62. The fraction of sp³-hybridized carbons (Fsp3) is 0.600. The van der Waals surface area contributed by atoms with Gasteiger partial charge in [-0.05, 0) is 25.8 Å². The first-order valence-corrected chi connectivity index (χ1v) is 9.42. The SMILES string of the molecule is CC[C@H]1CN(CC(=O)N(CC)CC)CCC(=O)N1Cc1ccccc1. The molecule has 1 aliphatic rings. The van der Waals surface area contributed by atoms with Crippen LogP contribution in [0.4, 0.5) is 0 Å². The standard InChI is InChI=1S/C20H31N3O2/c1-4-18-15-21(16-20(25)22(5-2)6-3)13-12-19(24)23(18)14-17-10-8-7-9-11-17/h7-11,18H,4-6,12-16H2,1-3H3/t18-/m0/s1. The fourth-order valence-electron chi connectivity index (χ4n) is 3.45. The molecule has 0 aromatic heterocycles. The highest BCUT2D eigenvalue weighted by Crippen LogP contribution is 2.17. The highest BCUT2D eigenvalue weighted by Gasteiger charge is 2.29. The smallest absolute Gasteiger partial charge is 0.236 e. The van der Waals surface area contributed by atoms with Crippen molar-refractivity contribution in [3.8, 4) is 0 Å². The third-order valence-corrected chi connectivity index (χ3v) is 5.01. The molecule has 0 N–H and O–H groups in total. The van der Waals surface area contributed by atoms with Crippen molar-refractivity contribution in [3.05, 3.63) is 35.9 Å². The summed E-state index contributed by atoms with van der Waals surface area (Å²) in [4.78, 5) is 31.1. The van der Waals surface area contributed by atoms with Crippen molar-refractivity contribution in [1.82, 2.24) is 14.7 Å². The lowest BCUT2D eigenvalue weighted by atomic mass is 10.1. The van der Waals surface area contributed by atoms with E-state index in [0.29, 0.717) is 26.1 Å². The monoisotopic (exact) mass is 345 g/mol. The Bertz CT molecular complexity index is 557. The molecule has 1 aliphatic heterocycles. The molecule has 0 bridgehead atoms. The van der Waals surface area contributed by atoms with E-state index in [4.69, 9.17) is 0 Å². The van der Waals surface area contributed by atoms with Crippen LogP contribution >= 0.6 is 0 Å². The van der Waals surface area contributed by atoms with Crippen LogP contribution in [-0.2, 0) is 16.1 Å². The Labute approximate surface area is 151 Å². The van der Waals surface area contributed by atoms with Gasteiger partial charge in [-0.25, -0.2) is 0 Å². The van der Waals surface area contributed by atoms with E-state index < -0.39 is 0 Å². The van der Waals surface area contributed by atoms with Crippen LogP contribution in [0.15, 0.2) is 30.3 Å². The minimum Gasteiger partial charge on any atom is -0.342 e. The van der Waals surface area contributed by atoms with E-state index in [1.54, 1.807) is 0 Å². The molecular weight excluding hydrogens is 314 g/mol. The van der Waals surface area contributed by atoms with Crippen LogP contribution < -0.4 is 0 Å². The van der Waals surface area contributed by atoms with Crippen LogP contribution in [0.3, 0.4) is 0 Å². The van der Waals surface area contributed by atoms with Crippen molar-refractivity contribution in [3.63, 3.8) is 0 Å². The van der Waals surface area contributed by atoms with E-state index in [-0.39, 0.29) is 17.9 Å². The zero-order valence-electron chi connectivity index (χ0n) is 15.8. The summed E-state index contributed by atoms with van der Waals surface area (Å²) in [5.41, 5.74) is 1.15. The molecule has 1 saturated heterocycles. The van der Waals surface area contributed by atoms with Gasteiger partial charge in [0.25, 0.3) is 0 Å². The minimum atomic E-state index is 0.153. The topological polar surface area (TPSA) is 43.9 Å². The Morgan fingerprint density at radius 2 is 1.84 bits per heavy atom. The van der Waals surface area contributed by atoms with Gasteiger partial charge in [-0.3, -0.25) is 14.5 Å². The first-order valence-electron chi connectivity index (χ1n) is 9.42. The Kier molecular flexibility index (Phi) is 7.44. The first kappa shape index (κ1) is 19.4. The molecule has 1 atom stereocenters. The average Bonchev–Trinajstić information content (AvgIpc) is 2.77. The molecule has 1 aromatic carbocycles. The number of amides is 2. The van der Waals surface area contributed by atoms with Crippen LogP contribution in [0.2, 0.25) is 0 Å². The Hall–Kier alpha value is -1.88. The summed E-state index contributed by atoms with van der Waals surface area (Å²) >= 11 is 0. The number of rotatable bonds is 7. The van der Waals surface area contributed by atoms with Gasteiger partial charge in [0, 0.05) is 45.2 Å². The highest BCUT2D eigenvalue weighted by atomic mass is 16.2. The number of nitrogens with zero attached hydrogens (tertiary/aromatic N) is 3. The van der Waals surface area contributed by atoms with E-state index in [2.05, 4.69) is 24.0 Å². The molecule has 1 fully saturated rings. The summed E-state index contributed by atoms with van der Waals surface area (Å²) in [5, 5.41) is 0. The number of hydrogen-bond donors (Lipinski definition) is 0. The van der Waals surface area contributed by atoms with Crippen LogP contribution in [0.25, 0.3) is 0 Å². The third kappa shape index (κ3) is 5.30. The molecule has 2 rings (SSSR count). The van der Waals surface area contributed by atoms with E-state index in [1.807, 2.05) is 41.8 Å². The lowest BCUT2D eigenvalue weighted by Crippen LogP contribution is -2.45. The van der Waals surface area contributed by atoms with Crippen molar-refractivity contribution >= 4 is 11.8 Å². The van der Waals surface area contributed by atoms with Gasteiger partial charge in [-0.1, -0.05) is 37.3 Å². The summed E-state index contributed by atoms with van der Waals surface area (Å²) in [7, 11) is 0. The van der Waals surface area contributed by atoms with E-state index >= 15 is 0 Å². The summed E-state index contributed by atoms with van der Waals surface area (Å²) in [6, 6.07) is 10.3. The number of hydrogen-bond acceptors (Lipinski definition) is 3. The minimum absolute atomic E-state index is 0.153. The number of likely N-dealkylation sites (N-methyl/N-ethyl adjacent to an activating group) is 1. The largest absolute Gasteiger partial charge is 0.342 e. The van der Waals surface area contributed by atoms with Crippen LogP contribution in [-0.4, -0.2) is 65.3 Å². The van der Waals surface area contributed by atoms with E-state index in [9.17, 15) is 9.59 Å². The van der Waals surface area contributed by atoms with Crippen LogP contribution in [0.5, 0.6) is 0 Å². The number of carbonyl (C=O) groups is 2. The second-order valence-corrected chi connectivity index (χ2v) is 6.62. The molecular formula is C20H31N3O2. The highest BCUT2D eigenvalue weighted by molar-refractivity contribution is 5.79. The van der Waals surface area contributed by atoms with Gasteiger partial charge in [0.15, 0.2) is 0 Å². The zero-order valence-corrected chi connectivity index (χ0v) is 15.8. The van der Waals surface area contributed by atoms with Gasteiger partial charge >= 0.3 is 0 Å². The molecule has 25 heavy (non-hydrogen) atoms. The molecule has 0 unspecified atom stereocenters. The quantitative estimate of drug-likeness (QED) is 0.762. The maximum absolute atomic E-state index is 12.7. The van der Waals surface area contributed by atoms with Gasteiger partial charge in [0.2, 0.25) is 11.8 Å². The Morgan fingerprint density at radius 3 is 2.44 bits per heavy atom. The van der Waals surface area contributed by atoms with Gasteiger partial charge in [-0.2, -0.15) is 0 Å². The van der Waals surface area contributed by atoms with Gasteiger partial charge < -0.3 is 9.80 Å². The number of carbonyl (C=O) groups excluding carboxylic acids is 2. The van der Waals surface area contributed by atoms with E-state index in [1.165, 1.54) is 0 Å². The summed E-state index contributed by atoms with van der Waals surface area (Å²) in [6.07, 6.45) is 1.38. The molecule has 0 saturated carbocycles. The molecule has 2 amide bonds. The molecule has 0 aliphatic carbocycles. The molecule has 5 heteroatoms. The average molecular weight is 345 g/mol. The maximum Gasteiger partial charge on any atom is 0.236 e. The van der Waals surface area contributed by atoms with Crippen LogP contribution in [0.1, 0.15) is 39.2 Å². The molecule has 138 valence electrons. The van der Waals surface area contributed by atoms with Gasteiger partial charge in [0.05, 0.1) is 6.54 Å². The Balaban J connectivity index is 2.05. The molecule has 0 radical (unpaired) electrons. The predicted molar refractivity (Wildman–Crippen MR) is 100 cm³/mol. The third-order valence-electron chi connectivity index (χ3n) is 5.01. The summed E-state index contributed by atoms with van der Waals surface area (Å²) in [5.74, 6) is 0.345. The lowest BCUT2D eigenvalue weighted by molar-refractivity contribution is -0.133. The first-order chi connectivity index (χ1) is 12.1. The van der Waals surface area contributed by atoms with Crippen LogP contribution in [0, 0.1) is 0 Å². The Morgan fingerprint density at radius 1 is 1.16 bits per heavy atom. The normalized spacial score (nSPS) is 18.9. The van der Waals surface area contributed by atoms with E-state index in [0.717, 1.165) is 31.6 Å². The molecule has 5 nitrogen and oxygen atoms in total. The van der Waals surface area contributed by atoms with Crippen molar-refractivity contribution in [2.75, 3.05) is 32.7 Å². The number of benzene rings is 1. The summed E-state index contributed by atoms with van der Waals surface area (Å²) in [6.45, 7) is 10.1. The second kappa shape index (κ2) is 9.56. The van der Waals surface area contributed by atoms with Crippen molar-refractivity contribution in [2.45, 2.75) is 46.2 Å². The maximum atomic E-state index is 12.7. The molecule has 1 heterocycles. The molecule has 0 spiro atoms. The van der Waals surface area contributed by atoms with Gasteiger partial charge in [-0.15, -0.1) is 0 Å². The van der Waals surface area contributed by atoms with Crippen molar-refractivity contribution in [1.29, 1.82) is 0 Å². The predicted octanol–water partition coefficient (Wildman–Crippen LogP) is 2.37. The zero-order chi connectivity index (χ0) is 18.2. The molecule has 1 aromatic rings. The summed E-state index contributed by atoms with van der Waals surface area (Å²) < 4.78 is 0. The van der Waals surface area contributed by atoms with Crippen molar-refractivity contribution < 1.29 is 9.59 Å². The van der Waals surface area contributed by atoms with Crippen molar-refractivity contribution in [2.24, 2.45) is 0 Å². The lowest BCUT2D eigenvalue weighted by Gasteiger charge is -2.32. The fourth-order valence-corrected chi connectivity index (χ4v) is 3.45.